The number of aliphatic hydroxyl groups is 1. The summed E-state index contributed by atoms with van der Waals surface area (Å²) < 4.78 is 5.52. The first-order valence-electron chi connectivity index (χ1n) is 7.72. The number of aryl methyl sites for hydroxylation is 1. The zero-order valence-electron chi connectivity index (χ0n) is 13.3. The van der Waals surface area contributed by atoms with Gasteiger partial charge in [-0.3, -0.25) is 9.89 Å². The summed E-state index contributed by atoms with van der Waals surface area (Å²) in [7, 11) is 0. The van der Waals surface area contributed by atoms with E-state index in [4.69, 9.17) is 4.74 Å². The number of H-pyrrole nitrogens is 1. The minimum absolute atomic E-state index is 0.0891. The molecular formula is C18H19N3O3. The zero-order valence-corrected chi connectivity index (χ0v) is 13.3. The first-order chi connectivity index (χ1) is 11.6. The zero-order chi connectivity index (χ0) is 16.9. The molecule has 0 fully saturated rings. The number of aromatic amines is 1. The van der Waals surface area contributed by atoms with Crippen molar-refractivity contribution in [3.05, 3.63) is 59.8 Å². The number of aliphatic hydroxyl groups excluding tert-OH is 1. The van der Waals surface area contributed by atoms with Crippen LogP contribution in [0.5, 0.6) is 5.75 Å². The van der Waals surface area contributed by atoms with E-state index in [-0.39, 0.29) is 19.1 Å². The lowest BCUT2D eigenvalue weighted by atomic mass is 10.2. The Kier molecular flexibility index (Phi) is 4.77. The Morgan fingerprint density at radius 2 is 2.12 bits per heavy atom. The molecule has 0 saturated carbocycles. The van der Waals surface area contributed by atoms with Gasteiger partial charge in [0.2, 0.25) is 0 Å². The summed E-state index contributed by atoms with van der Waals surface area (Å²) in [5.74, 6) is 0.362. The Balaban J connectivity index is 1.52. The molecular weight excluding hydrogens is 306 g/mol. The van der Waals surface area contributed by atoms with Crippen LogP contribution >= 0.6 is 0 Å². The first kappa shape index (κ1) is 16.0. The predicted octanol–water partition coefficient (Wildman–Crippen LogP) is 2.04. The van der Waals surface area contributed by atoms with Crippen LogP contribution < -0.4 is 10.1 Å². The van der Waals surface area contributed by atoms with Gasteiger partial charge in [-0.15, -0.1) is 0 Å². The molecule has 1 atom stereocenters. The number of para-hydroxylation sites is 1. The fraction of sp³-hybridized carbons (Fsp3) is 0.222. The van der Waals surface area contributed by atoms with Crippen molar-refractivity contribution >= 4 is 16.8 Å². The summed E-state index contributed by atoms with van der Waals surface area (Å²) in [4.78, 5) is 12.2. The molecule has 0 bridgehead atoms. The minimum atomic E-state index is -0.806. The van der Waals surface area contributed by atoms with Crippen LogP contribution in [0, 0.1) is 6.92 Å². The van der Waals surface area contributed by atoms with Crippen molar-refractivity contribution in [1.29, 1.82) is 0 Å². The smallest absolute Gasteiger partial charge is 0.272 e. The van der Waals surface area contributed by atoms with E-state index in [9.17, 15) is 9.90 Å². The van der Waals surface area contributed by atoms with Crippen LogP contribution in [0.4, 0.5) is 0 Å². The summed E-state index contributed by atoms with van der Waals surface area (Å²) in [6, 6.07) is 15.0. The molecule has 0 radical (unpaired) electrons. The van der Waals surface area contributed by atoms with Crippen molar-refractivity contribution in [2.24, 2.45) is 0 Å². The van der Waals surface area contributed by atoms with Gasteiger partial charge in [-0.2, -0.15) is 5.10 Å². The van der Waals surface area contributed by atoms with Gasteiger partial charge < -0.3 is 15.2 Å². The molecule has 1 unspecified atom stereocenters. The molecule has 2 aromatic carbocycles. The predicted molar refractivity (Wildman–Crippen MR) is 91.1 cm³/mol. The molecule has 3 N–H and O–H groups in total. The fourth-order valence-electron chi connectivity index (χ4n) is 2.39. The van der Waals surface area contributed by atoms with Crippen LogP contribution in [0.3, 0.4) is 0 Å². The number of amides is 1. The third-order valence-corrected chi connectivity index (χ3v) is 3.62. The summed E-state index contributed by atoms with van der Waals surface area (Å²) in [5, 5.41) is 20.2. The van der Waals surface area contributed by atoms with E-state index >= 15 is 0 Å². The number of nitrogens with one attached hydrogen (secondary N) is 2. The molecule has 3 rings (SSSR count). The average Bonchev–Trinajstić information content (AvgIpc) is 3.02. The summed E-state index contributed by atoms with van der Waals surface area (Å²) in [6.45, 7) is 2.16. The minimum Gasteiger partial charge on any atom is -0.491 e. The highest BCUT2D eigenvalue weighted by atomic mass is 16.5. The molecule has 6 heteroatoms. The maximum absolute atomic E-state index is 12.2. The maximum atomic E-state index is 12.2. The number of fused-ring (bicyclic) bond motifs is 1. The van der Waals surface area contributed by atoms with E-state index in [1.165, 1.54) is 0 Å². The van der Waals surface area contributed by atoms with Gasteiger partial charge in [0.15, 0.2) is 5.69 Å². The number of ether oxygens (including phenoxy) is 1. The fourth-order valence-corrected chi connectivity index (χ4v) is 2.39. The molecule has 0 aliphatic heterocycles. The lowest BCUT2D eigenvalue weighted by molar-refractivity contribution is 0.0841. The van der Waals surface area contributed by atoms with Gasteiger partial charge in [0.05, 0.1) is 5.52 Å². The van der Waals surface area contributed by atoms with Gasteiger partial charge in [0.25, 0.3) is 5.91 Å². The average molecular weight is 325 g/mol. The van der Waals surface area contributed by atoms with E-state index in [1.54, 1.807) is 0 Å². The molecule has 1 heterocycles. The van der Waals surface area contributed by atoms with Crippen molar-refractivity contribution < 1.29 is 14.6 Å². The molecule has 124 valence electrons. The van der Waals surface area contributed by atoms with Gasteiger partial charge in [0, 0.05) is 11.9 Å². The Hall–Kier alpha value is -2.86. The summed E-state index contributed by atoms with van der Waals surface area (Å²) in [6.07, 6.45) is -0.806. The van der Waals surface area contributed by atoms with Gasteiger partial charge in [-0.25, -0.2) is 0 Å². The van der Waals surface area contributed by atoms with E-state index in [0.717, 1.165) is 16.5 Å². The van der Waals surface area contributed by atoms with Crippen LogP contribution in [0.15, 0.2) is 48.5 Å². The van der Waals surface area contributed by atoms with Crippen molar-refractivity contribution in [3.63, 3.8) is 0 Å². The second-order valence-electron chi connectivity index (χ2n) is 5.61. The van der Waals surface area contributed by atoms with Crippen molar-refractivity contribution in [2.45, 2.75) is 13.0 Å². The Bertz CT molecular complexity index is 844. The Morgan fingerprint density at radius 3 is 2.96 bits per heavy atom. The maximum Gasteiger partial charge on any atom is 0.272 e. The van der Waals surface area contributed by atoms with Gasteiger partial charge in [-0.05, 0) is 30.7 Å². The number of nitrogens with zero attached hydrogens (tertiary/aromatic N) is 1. The molecule has 3 aromatic rings. The highest BCUT2D eigenvalue weighted by Crippen LogP contribution is 2.15. The lowest BCUT2D eigenvalue weighted by Gasteiger charge is -2.13. The van der Waals surface area contributed by atoms with Gasteiger partial charge in [-0.1, -0.05) is 30.3 Å². The highest BCUT2D eigenvalue weighted by molar-refractivity contribution is 6.04. The molecule has 24 heavy (non-hydrogen) atoms. The normalized spacial score (nSPS) is 12.1. The van der Waals surface area contributed by atoms with Crippen molar-refractivity contribution in [3.8, 4) is 5.75 Å². The number of benzene rings is 2. The number of hydrogen-bond acceptors (Lipinski definition) is 4. The largest absolute Gasteiger partial charge is 0.491 e. The molecule has 1 amide bonds. The van der Waals surface area contributed by atoms with E-state index in [2.05, 4.69) is 15.5 Å². The Morgan fingerprint density at radius 1 is 1.29 bits per heavy atom. The molecule has 0 saturated heterocycles. The third kappa shape index (κ3) is 3.72. The second kappa shape index (κ2) is 7.14. The molecule has 1 aromatic heterocycles. The quantitative estimate of drug-likeness (QED) is 0.647. The first-order valence-corrected chi connectivity index (χ1v) is 7.72. The molecule has 0 aliphatic rings. The number of hydrogen-bond donors (Lipinski definition) is 3. The van der Waals surface area contributed by atoms with E-state index < -0.39 is 6.10 Å². The third-order valence-electron chi connectivity index (χ3n) is 3.62. The number of aromatic nitrogens is 2. The molecule has 6 nitrogen and oxygen atoms in total. The van der Waals surface area contributed by atoms with Gasteiger partial charge >= 0.3 is 0 Å². The topological polar surface area (TPSA) is 87.2 Å². The van der Waals surface area contributed by atoms with Crippen LogP contribution in [0.1, 0.15) is 16.1 Å². The lowest BCUT2D eigenvalue weighted by Crippen LogP contribution is -2.35. The standard InChI is InChI=1S/C18H19N3O3/c1-12-5-4-6-14(9-12)24-11-13(22)10-19-18(23)17-15-7-2-3-8-16(15)20-21-17/h2-9,13,22H,10-11H2,1H3,(H,19,23)(H,20,21). The Labute approximate surface area is 139 Å². The number of rotatable bonds is 6. The number of carbonyl (C=O) groups excluding carboxylic acids is 1. The summed E-state index contributed by atoms with van der Waals surface area (Å²) in [5.41, 5.74) is 2.20. The van der Waals surface area contributed by atoms with Crippen LogP contribution in [-0.4, -0.2) is 40.5 Å². The second-order valence-corrected chi connectivity index (χ2v) is 5.61. The van der Waals surface area contributed by atoms with Crippen LogP contribution in [0.2, 0.25) is 0 Å². The monoisotopic (exact) mass is 325 g/mol. The summed E-state index contributed by atoms with van der Waals surface area (Å²) >= 11 is 0. The molecule has 0 aliphatic carbocycles. The van der Waals surface area contributed by atoms with Crippen molar-refractivity contribution in [1.82, 2.24) is 15.5 Å². The highest BCUT2D eigenvalue weighted by Gasteiger charge is 2.15. The van der Waals surface area contributed by atoms with E-state index in [0.29, 0.717) is 11.4 Å². The van der Waals surface area contributed by atoms with Crippen LogP contribution in [0.25, 0.3) is 10.9 Å². The van der Waals surface area contributed by atoms with Gasteiger partial charge in [0.1, 0.15) is 18.5 Å². The van der Waals surface area contributed by atoms with E-state index in [1.807, 2.05) is 55.5 Å². The number of carbonyl (C=O) groups is 1. The molecule has 0 spiro atoms. The van der Waals surface area contributed by atoms with Crippen molar-refractivity contribution in [2.75, 3.05) is 13.2 Å². The van der Waals surface area contributed by atoms with Crippen LogP contribution in [-0.2, 0) is 0 Å². The SMILES string of the molecule is Cc1cccc(OCC(O)CNC(=O)c2n[nH]c3ccccc23)c1.